The molecule has 0 rings (SSSR count). The first-order chi connectivity index (χ1) is 46.2. The maximum atomic E-state index is 13.1. The molecule has 0 aliphatic heterocycles. The molecule has 0 radical (unpaired) electrons. The van der Waals surface area contributed by atoms with E-state index in [0.29, 0.717) is 25.7 Å². The highest BCUT2D eigenvalue weighted by molar-refractivity contribution is 7.47. The predicted molar refractivity (Wildman–Crippen MR) is 386 cm³/mol. The molecule has 0 bridgehead atoms. The molecule has 0 saturated carbocycles. The molecule has 0 aromatic rings. The number of carbonyl (C=O) groups is 4. The van der Waals surface area contributed by atoms with Crippen molar-refractivity contribution in [2.24, 2.45) is 0 Å². The van der Waals surface area contributed by atoms with E-state index in [0.717, 1.165) is 89.9 Å². The quantitative estimate of drug-likeness (QED) is 0.0222. The Labute approximate surface area is 581 Å². The lowest BCUT2D eigenvalue weighted by molar-refractivity contribution is -0.161. The van der Waals surface area contributed by atoms with Gasteiger partial charge in [0.1, 0.15) is 19.3 Å². The fourth-order valence-electron chi connectivity index (χ4n) is 11.8. The molecule has 0 amide bonds. The Kier molecular flexibility index (Phi) is 69.1. The number of aliphatic hydroxyl groups excluding tert-OH is 1. The Bertz CT molecular complexity index is 1810. The minimum atomic E-state index is -4.96. The Hall–Kier alpha value is -1.94. The molecule has 3 N–H and O–H groups in total. The van der Waals surface area contributed by atoms with Crippen molar-refractivity contribution in [3.05, 3.63) is 0 Å². The molecule has 17 nitrogen and oxygen atoms in total. The largest absolute Gasteiger partial charge is 0.472 e. The molecule has 0 spiro atoms. The lowest BCUT2D eigenvalue weighted by Gasteiger charge is -2.21. The molecule has 5 atom stereocenters. The van der Waals surface area contributed by atoms with Crippen LogP contribution in [0.4, 0.5) is 0 Å². The van der Waals surface area contributed by atoms with E-state index in [-0.39, 0.29) is 25.7 Å². The smallest absolute Gasteiger partial charge is 0.462 e. The van der Waals surface area contributed by atoms with Crippen LogP contribution in [0, 0.1) is 0 Å². The SMILES string of the molecule is CCCCCCCCCCCCCCCCCCCCCCC(=O)O[C@H](COC(=O)CCCCCCCCCCCCCCCCCCC)COP(=O)(O)OC[C@@H](O)COP(=O)(O)OC[C@@H](COC(=O)CCCCCCCCCCC)OC(=O)CCCCCCCCCCC. The summed E-state index contributed by atoms with van der Waals surface area (Å²) >= 11 is 0. The van der Waals surface area contributed by atoms with Gasteiger partial charge in [-0.3, -0.25) is 37.3 Å². The van der Waals surface area contributed by atoms with E-state index in [4.69, 9.17) is 37.0 Å². The van der Waals surface area contributed by atoms with E-state index in [9.17, 15) is 43.2 Å². The fraction of sp³-hybridized carbons (Fsp3) is 0.947. The highest BCUT2D eigenvalue weighted by Crippen LogP contribution is 2.45. The average Bonchev–Trinajstić information content (AvgIpc) is 2.73. The molecule has 0 fully saturated rings. The molecular formula is C76H148O17P2. The monoisotopic (exact) mass is 1400 g/mol. The van der Waals surface area contributed by atoms with E-state index in [2.05, 4.69) is 27.7 Å². The number of phosphoric ester groups is 2. The van der Waals surface area contributed by atoms with Crippen LogP contribution < -0.4 is 0 Å². The van der Waals surface area contributed by atoms with Crippen molar-refractivity contribution in [3.8, 4) is 0 Å². The lowest BCUT2D eigenvalue weighted by atomic mass is 10.0. The molecule has 95 heavy (non-hydrogen) atoms. The summed E-state index contributed by atoms with van der Waals surface area (Å²) in [4.78, 5) is 72.7. The maximum absolute atomic E-state index is 13.1. The van der Waals surface area contributed by atoms with Gasteiger partial charge in [0, 0.05) is 25.7 Å². The predicted octanol–water partition coefficient (Wildman–Crippen LogP) is 22.6. The molecule has 0 aromatic heterocycles. The Morgan fingerprint density at radius 1 is 0.253 bits per heavy atom. The van der Waals surface area contributed by atoms with Gasteiger partial charge < -0.3 is 33.8 Å². The van der Waals surface area contributed by atoms with Crippen LogP contribution in [0.5, 0.6) is 0 Å². The number of hydrogen-bond acceptors (Lipinski definition) is 15. The van der Waals surface area contributed by atoms with Crippen molar-refractivity contribution in [2.45, 2.75) is 425 Å². The third-order valence-corrected chi connectivity index (χ3v) is 19.8. The second-order valence-electron chi connectivity index (χ2n) is 27.4. The van der Waals surface area contributed by atoms with Gasteiger partial charge in [0.2, 0.25) is 0 Å². The number of rotatable bonds is 77. The van der Waals surface area contributed by atoms with Crippen molar-refractivity contribution < 1.29 is 80.2 Å². The molecular weight excluding hydrogens is 1250 g/mol. The third kappa shape index (κ3) is 70.3. The van der Waals surface area contributed by atoms with Crippen molar-refractivity contribution >= 4 is 39.5 Å². The highest BCUT2D eigenvalue weighted by atomic mass is 31.2. The first-order valence-electron chi connectivity index (χ1n) is 39.8. The van der Waals surface area contributed by atoms with Gasteiger partial charge in [-0.2, -0.15) is 0 Å². The second-order valence-corrected chi connectivity index (χ2v) is 30.3. The van der Waals surface area contributed by atoms with Gasteiger partial charge >= 0.3 is 39.5 Å². The number of hydrogen-bond donors (Lipinski definition) is 3. The molecule has 0 aromatic carbocycles. The summed E-state index contributed by atoms with van der Waals surface area (Å²) < 4.78 is 68.4. The lowest BCUT2D eigenvalue weighted by Crippen LogP contribution is -2.30. The Balaban J connectivity index is 5.17. The van der Waals surface area contributed by atoms with Gasteiger partial charge in [0.05, 0.1) is 26.4 Å². The van der Waals surface area contributed by atoms with Gasteiger partial charge in [-0.1, -0.05) is 355 Å². The second kappa shape index (κ2) is 70.5. The van der Waals surface area contributed by atoms with Gasteiger partial charge in [0.25, 0.3) is 0 Å². The summed E-state index contributed by atoms with van der Waals surface area (Å²) in [5, 5.41) is 10.6. The van der Waals surface area contributed by atoms with E-state index in [1.165, 1.54) is 238 Å². The van der Waals surface area contributed by atoms with Crippen molar-refractivity contribution in [1.82, 2.24) is 0 Å². The molecule has 0 saturated heterocycles. The number of phosphoric acid groups is 2. The summed E-state index contributed by atoms with van der Waals surface area (Å²) in [6, 6.07) is 0. The van der Waals surface area contributed by atoms with Gasteiger partial charge in [-0.15, -0.1) is 0 Å². The van der Waals surface area contributed by atoms with Crippen molar-refractivity contribution in [2.75, 3.05) is 39.6 Å². The van der Waals surface area contributed by atoms with Crippen molar-refractivity contribution in [3.63, 3.8) is 0 Å². The number of esters is 4. The number of unbranched alkanes of at least 4 members (excludes halogenated alkanes) is 51. The first-order valence-corrected chi connectivity index (χ1v) is 42.8. The zero-order chi connectivity index (χ0) is 69.7. The standard InChI is InChI=1S/C76H148O17P2/c1-5-9-13-17-21-25-27-29-31-33-34-35-37-39-41-43-47-51-55-59-63-76(81)93-72(67-87-74(79)61-57-53-49-46-42-40-38-36-32-30-28-26-22-18-14-10-6-2)69-91-95(84,85)89-65-70(77)64-88-94(82,83)90-68-71(92-75(80)62-58-54-50-45-24-20-16-12-8-4)66-86-73(78)60-56-52-48-44-23-19-15-11-7-3/h70-72,77H,5-69H2,1-4H3,(H,82,83)(H,84,85)/t70-,71+,72+/m0/s1. The summed E-state index contributed by atoms with van der Waals surface area (Å²) in [5.41, 5.74) is 0. The topological polar surface area (TPSA) is 237 Å². The van der Waals surface area contributed by atoms with Crippen molar-refractivity contribution in [1.29, 1.82) is 0 Å². The van der Waals surface area contributed by atoms with Gasteiger partial charge in [-0.05, 0) is 25.7 Å². The Morgan fingerprint density at radius 2 is 0.421 bits per heavy atom. The van der Waals surface area contributed by atoms with Crippen LogP contribution in [0.25, 0.3) is 0 Å². The van der Waals surface area contributed by atoms with E-state index < -0.39 is 97.5 Å². The van der Waals surface area contributed by atoms with Crippen LogP contribution in [-0.4, -0.2) is 96.7 Å². The van der Waals surface area contributed by atoms with Crippen LogP contribution >= 0.6 is 15.6 Å². The van der Waals surface area contributed by atoms with Crippen LogP contribution in [0.15, 0.2) is 0 Å². The summed E-state index contributed by atoms with van der Waals surface area (Å²) in [7, 11) is -9.90. The highest BCUT2D eigenvalue weighted by Gasteiger charge is 2.30. The number of aliphatic hydroxyl groups is 1. The van der Waals surface area contributed by atoms with E-state index >= 15 is 0 Å². The Morgan fingerprint density at radius 3 is 0.621 bits per heavy atom. The minimum absolute atomic E-state index is 0.106. The summed E-state index contributed by atoms with van der Waals surface area (Å²) in [6.07, 6.45) is 61.2. The third-order valence-electron chi connectivity index (χ3n) is 17.9. The molecule has 0 aliphatic rings. The maximum Gasteiger partial charge on any atom is 0.472 e. The molecule has 0 heterocycles. The molecule has 2 unspecified atom stereocenters. The number of carbonyl (C=O) groups excluding carboxylic acids is 4. The van der Waals surface area contributed by atoms with Crippen LogP contribution in [-0.2, 0) is 65.4 Å². The minimum Gasteiger partial charge on any atom is -0.462 e. The van der Waals surface area contributed by atoms with Crippen LogP contribution in [0.1, 0.15) is 407 Å². The average molecular weight is 1400 g/mol. The fourth-order valence-corrected chi connectivity index (χ4v) is 13.3. The van der Waals surface area contributed by atoms with Crippen LogP contribution in [0.3, 0.4) is 0 Å². The zero-order valence-corrected chi connectivity index (χ0v) is 63.4. The van der Waals surface area contributed by atoms with E-state index in [1.807, 2.05) is 0 Å². The van der Waals surface area contributed by atoms with E-state index in [1.54, 1.807) is 0 Å². The van der Waals surface area contributed by atoms with Gasteiger partial charge in [-0.25, -0.2) is 9.13 Å². The van der Waals surface area contributed by atoms with Gasteiger partial charge in [0.15, 0.2) is 12.2 Å². The summed E-state index contributed by atoms with van der Waals surface area (Å²) in [6.45, 7) is 4.95. The number of ether oxygens (including phenoxy) is 4. The van der Waals surface area contributed by atoms with Crippen LogP contribution in [0.2, 0.25) is 0 Å². The summed E-state index contributed by atoms with van der Waals surface area (Å²) in [5.74, 6) is -2.12. The zero-order valence-electron chi connectivity index (χ0n) is 61.6. The molecule has 19 heteroatoms. The first kappa shape index (κ1) is 93.1. The molecule has 0 aliphatic carbocycles. The molecule has 564 valence electrons. The normalized spacial score (nSPS) is 13.9.